The zero-order chi connectivity index (χ0) is 27.9. The van der Waals surface area contributed by atoms with Gasteiger partial charge in [-0.05, 0) is 114 Å². The molecule has 4 fully saturated rings. The van der Waals surface area contributed by atoms with Crippen molar-refractivity contribution in [2.45, 2.75) is 63.5 Å². The lowest BCUT2D eigenvalue weighted by Crippen LogP contribution is -2.45. The van der Waals surface area contributed by atoms with Crippen LogP contribution in [0.2, 0.25) is 0 Å². The summed E-state index contributed by atoms with van der Waals surface area (Å²) in [7, 11) is 0. The number of nitrogens with zero attached hydrogens (tertiary/aromatic N) is 4. The molecule has 8 heteroatoms. The smallest absolute Gasteiger partial charge is 0.253 e. The number of piperidine rings is 2. The molecule has 0 aromatic heterocycles. The zero-order valence-corrected chi connectivity index (χ0v) is 26.6. The average Bonchev–Trinajstić information content (AvgIpc) is 3.73. The van der Waals surface area contributed by atoms with Crippen molar-refractivity contribution in [2.75, 3.05) is 52.4 Å². The molecule has 40 heavy (non-hydrogen) atoms. The van der Waals surface area contributed by atoms with Crippen LogP contribution in [0.3, 0.4) is 0 Å². The summed E-state index contributed by atoms with van der Waals surface area (Å²) < 4.78 is 1.94. The van der Waals surface area contributed by atoms with Gasteiger partial charge < -0.3 is 19.6 Å². The SMILES string of the molecule is O=C(c1cccc(Br)c1)N1CCC(N2CCCC2)CC1.O=C(c1cccc(Br)c1)N1CCC(N2CCCC2)CC1. The molecular formula is C32H42Br2N4O2. The normalized spacial score (nSPS) is 21.4. The van der Waals surface area contributed by atoms with Crippen LogP contribution in [-0.2, 0) is 0 Å². The predicted molar refractivity (Wildman–Crippen MR) is 168 cm³/mol. The third-order valence-electron chi connectivity index (χ3n) is 8.96. The standard InChI is InChI=1S/2C16H21BrN2O/c2*17-14-5-3-4-13(12-14)16(20)19-10-6-15(7-11-19)18-8-1-2-9-18/h2*3-5,12,15H,1-2,6-11H2. The van der Waals surface area contributed by atoms with Gasteiger partial charge in [0.05, 0.1) is 0 Å². The van der Waals surface area contributed by atoms with Crippen LogP contribution in [0.5, 0.6) is 0 Å². The molecule has 0 aliphatic carbocycles. The quantitative estimate of drug-likeness (QED) is 0.383. The third-order valence-corrected chi connectivity index (χ3v) is 9.95. The highest BCUT2D eigenvalue weighted by molar-refractivity contribution is 9.10. The van der Waals surface area contributed by atoms with Gasteiger partial charge in [0, 0.05) is 58.3 Å². The van der Waals surface area contributed by atoms with Crippen LogP contribution in [-0.4, -0.2) is 95.9 Å². The molecule has 4 aliphatic rings. The van der Waals surface area contributed by atoms with Gasteiger partial charge in [0.15, 0.2) is 0 Å². The molecule has 6 nitrogen and oxygen atoms in total. The van der Waals surface area contributed by atoms with Gasteiger partial charge in [0.1, 0.15) is 0 Å². The minimum absolute atomic E-state index is 0.172. The van der Waals surface area contributed by atoms with Crippen LogP contribution >= 0.6 is 31.9 Å². The summed E-state index contributed by atoms with van der Waals surface area (Å²) in [6.07, 6.45) is 9.88. The first kappa shape index (κ1) is 29.7. The van der Waals surface area contributed by atoms with Crippen LogP contribution in [0.15, 0.2) is 57.5 Å². The lowest BCUT2D eigenvalue weighted by Gasteiger charge is -2.36. The van der Waals surface area contributed by atoms with E-state index in [-0.39, 0.29) is 11.8 Å². The fraction of sp³-hybridized carbons (Fsp3) is 0.562. The molecule has 216 valence electrons. The minimum Gasteiger partial charge on any atom is -0.339 e. The number of carbonyl (C=O) groups is 2. The molecule has 0 bridgehead atoms. The Labute approximate surface area is 256 Å². The zero-order valence-electron chi connectivity index (χ0n) is 23.4. The topological polar surface area (TPSA) is 47.1 Å². The van der Waals surface area contributed by atoms with E-state index in [1.807, 2.05) is 58.3 Å². The first-order valence-corrected chi connectivity index (χ1v) is 16.6. The number of halogens is 2. The highest BCUT2D eigenvalue weighted by Gasteiger charge is 2.30. The van der Waals surface area contributed by atoms with Crippen molar-refractivity contribution in [2.24, 2.45) is 0 Å². The largest absolute Gasteiger partial charge is 0.339 e. The molecule has 0 N–H and O–H groups in total. The van der Waals surface area contributed by atoms with Crippen LogP contribution in [0, 0.1) is 0 Å². The van der Waals surface area contributed by atoms with Crippen molar-refractivity contribution >= 4 is 43.7 Å². The van der Waals surface area contributed by atoms with E-state index in [1.165, 1.54) is 51.9 Å². The Hall–Kier alpha value is -1.74. The summed E-state index contributed by atoms with van der Waals surface area (Å²) in [6.45, 7) is 8.60. The highest BCUT2D eigenvalue weighted by atomic mass is 79.9. The van der Waals surface area contributed by atoms with E-state index in [0.717, 1.165) is 71.9 Å². The van der Waals surface area contributed by atoms with E-state index in [2.05, 4.69) is 41.7 Å². The van der Waals surface area contributed by atoms with Crippen molar-refractivity contribution in [1.29, 1.82) is 0 Å². The summed E-state index contributed by atoms with van der Waals surface area (Å²) in [5.41, 5.74) is 1.58. The van der Waals surface area contributed by atoms with E-state index in [0.29, 0.717) is 12.1 Å². The molecule has 2 aromatic rings. The maximum Gasteiger partial charge on any atom is 0.253 e. The molecule has 0 saturated carbocycles. The van der Waals surface area contributed by atoms with Gasteiger partial charge in [-0.1, -0.05) is 44.0 Å². The average molecular weight is 675 g/mol. The van der Waals surface area contributed by atoms with Gasteiger partial charge >= 0.3 is 0 Å². The van der Waals surface area contributed by atoms with Crippen LogP contribution in [0.1, 0.15) is 72.1 Å². The van der Waals surface area contributed by atoms with E-state index >= 15 is 0 Å². The number of benzene rings is 2. The summed E-state index contributed by atoms with van der Waals surface area (Å²) in [5, 5.41) is 0. The summed E-state index contributed by atoms with van der Waals surface area (Å²) >= 11 is 6.86. The maximum atomic E-state index is 12.5. The second-order valence-electron chi connectivity index (χ2n) is 11.6. The molecule has 4 aliphatic heterocycles. The van der Waals surface area contributed by atoms with Gasteiger partial charge in [-0.25, -0.2) is 0 Å². The molecular weight excluding hydrogens is 632 g/mol. The van der Waals surface area contributed by atoms with Crippen molar-refractivity contribution in [3.8, 4) is 0 Å². The van der Waals surface area contributed by atoms with E-state index < -0.39 is 0 Å². The van der Waals surface area contributed by atoms with Crippen LogP contribution < -0.4 is 0 Å². The van der Waals surface area contributed by atoms with Gasteiger partial charge in [0.2, 0.25) is 0 Å². The predicted octanol–water partition coefficient (Wildman–Crippen LogP) is 6.30. The molecule has 0 radical (unpaired) electrons. The van der Waals surface area contributed by atoms with Gasteiger partial charge in [-0.15, -0.1) is 0 Å². The number of hydrogen-bond donors (Lipinski definition) is 0. The maximum absolute atomic E-state index is 12.5. The number of rotatable bonds is 4. The Balaban J connectivity index is 0.000000161. The Morgan fingerprint density at radius 1 is 0.550 bits per heavy atom. The van der Waals surface area contributed by atoms with Gasteiger partial charge in [-0.2, -0.15) is 0 Å². The molecule has 0 unspecified atom stereocenters. The fourth-order valence-corrected chi connectivity index (χ4v) is 7.49. The molecule has 2 aromatic carbocycles. The van der Waals surface area contributed by atoms with Gasteiger partial charge in [-0.3, -0.25) is 9.59 Å². The molecule has 0 atom stereocenters. The molecule has 2 amide bonds. The van der Waals surface area contributed by atoms with Crippen LogP contribution in [0.4, 0.5) is 0 Å². The Morgan fingerprint density at radius 3 is 1.23 bits per heavy atom. The number of likely N-dealkylation sites (tertiary alicyclic amines) is 4. The number of amides is 2. The minimum atomic E-state index is 0.172. The van der Waals surface area contributed by atoms with E-state index in [1.54, 1.807) is 0 Å². The second-order valence-corrected chi connectivity index (χ2v) is 13.4. The lowest BCUT2D eigenvalue weighted by molar-refractivity contribution is 0.0637. The van der Waals surface area contributed by atoms with Crippen molar-refractivity contribution in [1.82, 2.24) is 19.6 Å². The lowest BCUT2D eigenvalue weighted by atomic mass is 10.0. The van der Waals surface area contributed by atoms with E-state index in [4.69, 9.17) is 0 Å². The van der Waals surface area contributed by atoms with Crippen molar-refractivity contribution < 1.29 is 9.59 Å². The van der Waals surface area contributed by atoms with Gasteiger partial charge in [0.25, 0.3) is 11.8 Å². The van der Waals surface area contributed by atoms with Crippen molar-refractivity contribution in [3.63, 3.8) is 0 Å². The molecule has 4 heterocycles. The Kier molecular flexibility index (Phi) is 10.7. The summed E-state index contributed by atoms with van der Waals surface area (Å²) in [6, 6.07) is 16.8. The number of carbonyl (C=O) groups excluding carboxylic acids is 2. The molecule has 0 spiro atoms. The Bertz CT molecular complexity index is 1040. The first-order chi connectivity index (χ1) is 19.5. The first-order valence-electron chi connectivity index (χ1n) is 15.1. The Morgan fingerprint density at radius 2 is 0.900 bits per heavy atom. The fourth-order valence-electron chi connectivity index (χ4n) is 6.69. The molecule has 6 rings (SSSR count). The third kappa shape index (κ3) is 7.75. The summed E-state index contributed by atoms with van der Waals surface area (Å²) in [4.78, 5) is 34.2. The molecule has 4 saturated heterocycles. The summed E-state index contributed by atoms with van der Waals surface area (Å²) in [5.74, 6) is 0.345. The number of hydrogen-bond acceptors (Lipinski definition) is 4. The second kappa shape index (κ2) is 14.4. The highest BCUT2D eigenvalue weighted by Crippen LogP contribution is 2.24. The van der Waals surface area contributed by atoms with E-state index in [9.17, 15) is 9.59 Å². The van der Waals surface area contributed by atoms with Crippen molar-refractivity contribution in [3.05, 3.63) is 68.6 Å². The van der Waals surface area contributed by atoms with Crippen LogP contribution in [0.25, 0.3) is 0 Å². The monoisotopic (exact) mass is 672 g/mol.